The van der Waals surface area contributed by atoms with E-state index in [0.717, 1.165) is 46.3 Å². The van der Waals surface area contributed by atoms with Crippen molar-refractivity contribution in [2.45, 2.75) is 12.6 Å². The molecule has 0 bridgehead atoms. The Labute approximate surface area is 164 Å². The summed E-state index contributed by atoms with van der Waals surface area (Å²) in [7, 11) is 0. The number of halogens is 3. The molecular formula is C23H14F3N3. The van der Waals surface area contributed by atoms with Crippen molar-refractivity contribution in [1.82, 2.24) is 15.0 Å². The van der Waals surface area contributed by atoms with Gasteiger partial charge >= 0.3 is 6.18 Å². The van der Waals surface area contributed by atoms with E-state index in [1.807, 2.05) is 30.3 Å². The van der Waals surface area contributed by atoms with Gasteiger partial charge in [0.15, 0.2) is 5.65 Å². The molecule has 1 aromatic carbocycles. The van der Waals surface area contributed by atoms with Crippen molar-refractivity contribution in [2.75, 3.05) is 0 Å². The molecule has 29 heavy (non-hydrogen) atoms. The van der Waals surface area contributed by atoms with Gasteiger partial charge in [0, 0.05) is 35.3 Å². The highest BCUT2D eigenvalue weighted by Gasteiger charge is 2.30. The minimum Gasteiger partial charge on any atom is -0.260 e. The monoisotopic (exact) mass is 389 g/mol. The van der Waals surface area contributed by atoms with Crippen LogP contribution < -0.4 is 0 Å². The molecule has 1 aliphatic rings. The highest BCUT2D eigenvalue weighted by Crippen LogP contribution is 2.37. The van der Waals surface area contributed by atoms with E-state index in [9.17, 15) is 13.2 Å². The quantitative estimate of drug-likeness (QED) is 0.442. The average Bonchev–Trinajstić information content (AvgIpc) is 3.16. The van der Waals surface area contributed by atoms with Gasteiger partial charge < -0.3 is 0 Å². The molecule has 142 valence electrons. The lowest BCUT2D eigenvalue weighted by Gasteiger charge is -2.12. The normalized spacial score (nSPS) is 13.4. The molecule has 3 nitrogen and oxygen atoms in total. The lowest BCUT2D eigenvalue weighted by Crippen LogP contribution is -2.04. The second kappa shape index (κ2) is 6.51. The highest BCUT2D eigenvalue weighted by atomic mass is 19.4. The van der Waals surface area contributed by atoms with Gasteiger partial charge in [-0.25, -0.2) is 9.97 Å². The van der Waals surface area contributed by atoms with E-state index in [2.05, 4.69) is 21.0 Å². The topological polar surface area (TPSA) is 38.7 Å². The zero-order chi connectivity index (χ0) is 20.0. The van der Waals surface area contributed by atoms with Gasteiger partial charge in [-0.05, 0) is 47.5 Å². The molecule has 0 atom stereocenters. The molecule has 1 aliphatic carbocycles. The number of rotatable bonds is 2. The Balaban J connectivity index is 1.68. The molecule has 0 saturated heterocycles. The van der Waals surface area contributed by atoms with Crippen LogP contribution in [-0.4, -0.2) is 15.0 Å². The number of hydrogen-bond acceptors (Lipinski definition) is 3. The number of aromatic nitrogens is 3. The number of alkyl halides is 3. The van der Waals surface area contributed by atoms with E-state index in [1.165, 1.54) is 12.1 Å². The van der Waals surface area contributed by atoms with Crippen LogP contribution in [0.5, 0.6) is 0 Å². The van der Waals surface area contributed by atoms with E-state index in [-0.39, 0.29) is 0 Å². The number of fused-ring (bicyclic) bond motifs is 2. The fourth-order valence-corrected chi connectivity index (χ4v) is 3.67. The maximum atomic E-state index is 12.9. The van der Waals surface area contributed by atoms with Crippen LogP contribution in [0.3, 0.4) is 0 Å². The second-order valence-corrected chi connectivity index (χ2v) is 6.82. The summed E-state index contributed by atoms with van der Waals surface area (Å²) < 4.78 is 38.7. The van der Waals surface area contributed by atoms with Crippen LogP contribution in [0, 0.1) is 0 Å². The van der Waals surface area contributed by atoms with Gasteiger partial charge in [-0.3, -0.25) is 4.98 Å². The standard InChI is InChI=1S/C23H14F3N3/c24-23(25,26)15-7-5-14(6-8-15)21-13-19(18-4-2-12-28-22(18)29-21)16-9-10-20-17(16)3-1-11-27-20/h1-9,11-13H,10H2. The Kier molecular flexibility index (Phi) is 3.94. The van der Waals surface area contributed by atoms with E-state index >= 15 is 0 Å². The maximum Gasteiger partial charge on any atom is 0.416 e. The predicted octanol–water partition coefficient (Wildman–Crippen LogP) is 5.70. The number of benzene rings is 1. The summed E-state index contributed by atoms with van der Waals surface area (Å²) in [6, 6.07) is 14.7. The van der Waals surface area contributed by atoms with Crippen molar-refractivity contribution in [3.05, 3.63) is 95.5 Å². The van der Waals surface area contributed by atoms with E-state index in [0.29, 0.717) is 16.9 Å². The van der Waals surface area contributed by atoms with Crippen LogP contribution in [0.15, 0.2) is 73.1 Å². The van der Waals surface area contributed by atoms with Crippen LogP contribution in [0.2, 0.25) is 0 Å². The van der Waals surface area contributed by atoms with Gasteiger partial charge in [-0.2, -0.15) is 13.2 Å². The molecule has 0 aliphatic heterocycles. The minimum absolute atomic E-state index is 0.554. The summed E-state index contributed by atoms with van der Waals surface area (Å²) in [6.07, 6.45) is 1.93. The summed E-state index contributed by atoms with van der Waals surface area (Å²) in [6.45, 7) is 0. The lowest BCUT2D eigenvalue weighted by atomic mass is 9.96. The molecule has 0 saturated carbocycles. The van der Waals surface area contributed by atoms with Gasteiger partial charge in [-0.1, -0.05) is 24.3 Å². The third kappa shape index (κ3) is 3.06. The first-order chi connectivity index (χ1) is 14.0. The molecular weight excluding hydrogens is 375 g/mol. The van der Waals surface area contributed by atoms with Crippen LogP contribution in [-0.2, 0) is 12.6 Å². The Bertz CT molecular complexity index is 1260. The molecule has 3 heterocycles. The Morgan fingerprint density at radius 2 is 1.59 bits per heavy atom. The zero-order valence-corrected chi connectivity index (χ0v) is 15.1. The molecule has 0 N–H and O–H groups in total. The summed E-state index contributed by atoms with van der Waals surface area (Å²) in [5.74, 6) is 0. The fraction of sp³-hybridized carbons (Fsp3) is 0.0870. The molecule has 0 radical (unpaired) electrons. The fourth-order valence-electron chi connectivity index (χ4n) is 3.67. The predicted molar refractivity (Wildman–Crippen MR) is 105 cm³/mol. The Morgan fingerprint density at radius 1 is 0.828 bits per heavy atom. The molecule has 6 heteroatoms. The molecule has 4 aromatic rings. The Hall–Kier alpha value is -3.54. The van der Waals surface area contributed by atoms with Crippen molar-refractivity contribution >= 4 is 16.6 Å². The number of allylic oxidation sites excluding steroid dienone is 1. The number of hydrogen-bond donors (Lipinski definition) is 0. The van der Waals surface area contributed by atoms with Gasteiger partial charge in [0.1, 0.15) is 0 Å². The van der Waals surface area contributed by atoms with E-state index in [1.54, 1.807) is 12.4 Å². The van der Waals surface area contributed by atoms with Crippen molar-refractivity contribution in [1.29, 1.82) is 0 Å². The lowest BCUT2D eigenvalue weighted by molar-refractivity contribution is -0.137. The molecule has 5 rings (SSSR count). The van der Waals surface area contributed by atoms with Crippen molar-refractivity contribution < 1.29 is 13.2 Å². The van der Waals surface area contributed by atoms with Crippen LogP contribution in [0.25, 0.3) is 27.9 Å². The van der Waals surface area contributed by atoms with Crippen molar-refractivity contribution in [3.63, 3.8) is 0 Å². The van der Waals surface area contributed by atoms with Gasteiger partial charge in [-0.15, -0.1) is 0 Å². The SMILES string of the molecule is FC(F)(F)c1ccc(-c2cc(C3=CCc4ncccc43)c3cccnc3n2)cc1. The first kappa shape index (κ1) is 17.6. The molecule has 0 spiro atoms. The van der Waals surface area contributed by atoms with Gasteiger partial charge in [0.2, 0.25) is 0 Å². The average molecular weight is 389 g/mol. The van der Waals surface area contributed by atoms with E-state index < -0.39 is 11.7 Å². The first-order valence-corrected chi connectivity index (χ1v) is 9.09. The summed E-state index contributed by atoms with van der Waals surface area (Å²) in [4.78, 5) is 13.4. The third-order valence-corrected chi connectivity index (χ3v) is 5.06. The van der Waals surface area contributed by atoms with Crippen LogP contribution in [0.1, 0.15) is 22.4 Å². The maximum absolute atomic E-state index is 12.9. The van der Waals surface area contributed by atoms with Crippen molar-refractivity contribution in [3.8, 4) is 11.3 Å². The van der Waals surface area contributed by atoms with Gasteiger partial charge in [0.05, 0.1) is 17.0 Å². The smallest absolute Gasteiger partial charge is 0.260 e. The minimum atomic E-state index is -4.37. The highest BCUT2D eigenvalue weighted by molar-refractivity contribution is 5.98. The first-order valence-electron chi connectivity index (χ1n) is 9.09. The zero-order valence-electron chi connectivity index (χ0n) is 15.1. The number of pyridine rings is 3. The van der Waals surface area contributed by atoms with Crippen molar-refractivity contribution in [2.24, 2.45) is 0 Å². The number of nitrogens with zero attached hydrogens (tertiary/aromatic N) is 3. The van der Waals surface area contributed by atoms with Gasteiger partial charge in [0.25, 0.3) is 0 Å². The molecule has 0 amide bonds. The summed E-state index contributed by atoms with van der Waals surface area (Å²) in [5.41, 5.74) is 5.12. The largest absolute Gasteiger partial charge is 0.416 e. The molecule has 0 unspecified atom stereocenters. The van der Waals surface area contributed by atoms with Crippen LogP contribution in [0.4, 0.5) is 13.2 Å². The summed E-state index contributed by atoms with van der Waals surface area (Å²) >= 11 is 0. The second-order valence-electron chi connectivity index (χ2n) is 6.82. The molecule has 0 fully saturated rings. The third-order valence-electron chi connectivity index (χ3n) is 5.06. The van der Waals surface area contributed by atoms with Crippen LogP contribution >= 0.6 is 0 Å². The Morgan fingerprint density at radius 3 is 2.38 bits per heavy atom. The van der Waals surface area contributed by atoms with E-state index in [4.69, 9.17) is 0 Å². The summed E-state index contributed by atoms with van der Waals surface area (Å²) in [5, 5.41) is 0.895. The molecule has 3 aromatic heterocycles.